The average Bonchev–Trinajstić information content (AvgIpc) is 2.97. The van der Waals surface area contributed by atoms with Gasteiger partial charge in [-0.1, -0.05) is 0 Å². The van der Waals surface area contributed by atoms with Crippen LogP contribution in [0.5, 0.6) is 5.75 Å². The van der Waals surface area contributed by atoms with E-state index in [0.717, 1.165) is 6.07 Å². The highest BCUT2D eigenvalue weighted by molar-refractivity contribution is 5.70. The predicted molar refractivity (Wildman–Crippen MR) is 56.1 cm³/mol. The maximum absolute atomic E-state index is 14.0. The van der Waals surface area contributed by atoms with E-state index in [2.05, 4.69) is 0 Å². The van der Waals surface area contributed by atoms with Gasteiger partial charge in [-0.15, -0.1) is 0 Å². The molecule has 0 spiro atoms. The lowest BCUT2D eigenvalue weighted by Gasteiger charge is -2.16. The van der Waals surface area contributed by atoms with Crippen molar-refractivity contribution in [3.05, 3.63) is 29.3 Å². The summed E-state index contributed by atoms with van der Waals surface area (Å²) in [7, 11) is 1.29. The minimum Gasteiger partial charge on any atom is -0.494 e. The Labute approximate surface area is 97.0 Å². The van der Waals surface area contributed by atoms with E-state index in [0.29, 0.717) is 12.8 Å². The number of hydrogen-bond donors (Lipinski definition) is 1. The SMILES string of the molecule is COc1ccc(F)c(C2(CC(=O)O)CC2)c1F. The predicted octanol–water partition coefficient (Wildman–Crippen LogP) is 2.48. The van der Waals surface area contributed by atoms with Gasteiger partial charge in [-0.05, 0) is 25.0 Å². The highest BCUT2D eigenvalue weighted by Crippen LogP contribution is 2.53. The molecule has 0 amide bonds. The third-order valence-electron chi connectivity index (χ3n) is 3.15. The first-order valence-corrected chi connectivity index (χ1v) is 5.24. The second kappa shape index (κ2) is 3.98. The van der Waals surface area contributed by atoms with Crippen molar-refractivity contribution in [3.8, 4) is 5.75 Å². The summed E-state index contributed by atoms with van der Waals surface area (Å²) >= 11 is 0. The van der Waals surface area contributed by atoms with E-state index in [4.69, 9.17) is 9.84 Å². The van der Waals surface area contributed by atoms with Crippen molar-refractivity contribution in [3.63, 3.8) is 0 Å². The fourth-order valence-electron chi connectivity index (χ4n) is 2.13. The molecule has 1 aliphatic carbocycles. The van der Waals surface area contributed by atoms with Crippen LogP contribution >= 0.6 is 0 Å². The Balaban J connectivity index is 2.48. The van der Waals surface area contributed by atoms with E-state index in [1.165, 1.54) is 13.2 Å². The number of carboxylic acids is 1. The highest BCUT2D eigenvalue weighted by Gasteiger charge is 2.50. The summed E-state index contributed by atoms with van der Waals surface area (Å²) in [4.78, 5) is 10.7. The third kappa shape index (κ3) is 1.97. The summed E-state index contributed by atoms with van der Waals surface area (Å²) in [5.41, 5.74) is -1.05. The summed E-state index contributed by atoms with van der Waals surface area (Å²) in [6, 6.07) is 2.31. The Bertz CT molecular complexity index is 467. The smallest absolute Gasteiger partial charge is 0.304 e. The molecule has 1 aromatic rings. The van der Waals surface area contributed by atoms with Gasteiger partial charge >= 0.3 is 5.97 Å². The van der Waals surface area contributed by atoms with Gasteiger partial charge in [0, 0.05) is 11.0 Å². The van der Waals surface area contributed by atoms with Gasteiger partial charge < -0.3 is 9.84 Å². The van der Waals surface area contributed by atoms with E-state index >= 15 is 0 Å². The molecule has 5 heteroatoms. The molecule has 0 aliphatic heterocycles. The lowest BCUT2D eigenvalue weighted by molar-refractivity contribution is -0.137. The van der Waals surface area contributed by atoms with E-state index < -0.39 is 23.0 Å². The minimum atomic E-state index is -1.05. The molecule has 1 fully saturated rings. The normalized spacial score (nSPS) is 16.6. The number of carboxylic acid groups (broad SMARTS) is 1. The van der Waals surface area contributed by atoms with E-state index in [1.54, 1.807) is 0 Å². The first-order chi connectivity index (χ1) is 8.00. The number of hydrogen-bond acceptors (Lipinski definition) is 2. The molecule has 0 saturated heterocycles. The summed E-state index contributed by atoms with van der Waals surface area (Å²) in [6.07, 6.45) is 0.717. The third-order valence-corrected chi connectivity index (χ3v) is 3.15. The number of rotatable bonds is 4. The van der Waals surface area contributed by atoms with Crippen LogP contribution in [0, 0.1) is 11.6 Å². The number of methoxy groups -OCH3 is 1. The van der Waals surface area contributed by atoms with Crippen LogP contribution in [-0.4, -0.2) is 18.2 Å². The molecule has 0 heterocycles. The van der Waals surface area contributed by atoms with Crippen molar-refractivity contribution in [1.29, 1.82) is 0 Å². The number of carbonyl (C=O) groups is 1. The minimum absolute atomic E-state index is 0.0573. The fraction of sp³-hybridized carbons (Fsp3) is 0.417. The zero-order valence-electron chi connectivity index (χ0n) is 9.30. The molecule has 0 bridgehead atoms. The molecule has 92 valence electrons. The molecule has 1 N–H and O–H groups in total. The molecule has 17 heavy (non-hydrogen) atoms. The van der Waals surface area contributed by atoms with Gasteiger partial charge in [0.2, 0.25) is 0 Å². The van der Waals surface area contributed by atoms with Gasteiger partial charge in [0.25, 0.3) is 0 Å². The van der Waals surface area contributed by atoms with Gasteiger partial charge in [-0.2, -0.15) is 0 Å². The molecule has 0 aromatic heterocycles. The maximum Gasteiger partial charge on any atom is 0.304 e. The molecule has 1 saturated carbocycles. The van der Waals surface area contributed by atoms with E-state index in [1.807, 2.05) is 0 Å². The van der Waals surface area contributed by atoms with Crippen LogP contribution in [0.25, 0.3) is 0 Å². The molecule has 0 atom stereocenters. The van der Waals surface area contributed by atoms with Crippen LogP contribution in [-0.2, 0) is 10.2 Å². The Kier molecular flexibility index (Phi) is 2.77. The van der Waals surface area contributed by atoms with Gasteiger partial charge in [0.05, 0.1) is 13.5 Å². The Morgan fingerprint density at radius 3 is 2.59 bits per heavy atom. The topological polar surface area (TPSA) is 46.5 Å². The van der Waals surface area contributed by atoms with Crippen LogP contribution in [0.15, 0.2) is 12.1 Å². The van der Waals surface area contributed by atoms with Crippen LogP contribution in [0.2, 0.25) is 0 Å². The standard InChI is InChI=1S/C12H12F2O3/c1-17-8-3-2-7(13)10(11(8)14)12(4-5-12)6-9(15)16/h2-3H,4-6H2,1H3,(H,15,16). The summed E-state index contributed by atoms with van der Waals surface area (Å²) < 4.78 is 32.4. The zero-order chi connectivity index (χ0) is 12.6. The number of ether oxygens (including phenoxy) is 1. The summed E-state index contributed by atoms with van der Waals surface area (Å²) in [6.45, 7) is 0. The first-order valence-electron chi connectivity index (χ1n) is 5.24. The second-order valence-corrected chi connectivity index (χ2v) is 4.29. The quantitative estimate of drug-likeness (QED) is 0.882. The maximum atomic E-state index is 14.0. The molecule has 0 radical (unpaired) electrons. The fourth-order valence-corrected chi connectivity index (χ4v) is 2.13. The molecule has 0 unspecified atom stereocenters. The van der Waals surface area contributed by atoms with Gasteiger partial charge in [-0.25, -0.2) is 8.78 Å². The molecular weight excluding hydrogens is 230 g/mol. The molecular formula is C12H12F2O3. The number of halogens is 2. The van der Waals surface area contributed by atoms with Crippen LogP contribution in [0.4, 0.5) is 8.78 Å². The second-order valence-electron chi connectivity index (χ2n) is 4.29. The summed E-state index contributed by atoms with van der Waals surface area (Å²) in [5, 5.41) is 8.78. The van der Waals surface area contributed by atoms with E-state index in [-0.39, 0.29) is 17.7 Å². The van der Waals surface area contributed by atoms with Crippen molar-refractivity contribution in [2.45, 2.75) is 24.7 Å². The van der Waals surface area contributed by atoms with Gasteiger partial charge in [-0.3, -0.25) is 4.79 Å². The van der Waals surface area contributed by atoms with Crippen LogP contribution < -0.4 is 4.74 Å². The lowest BCUT2D eigenvalue weighted by atomic mass is 9.91. The van der Waals surface area contributed by atoms with Crippen molar-refractivity contribution < 1.29 is 23.4 Å². The Morgan fingerprint density at radius 2 is 2.12 bits per heavy atom. The molecule has 2 rings (SSSR count). The zero-order valence-corrected chi connectivity index (χ0v) is 9.30. The number of benzene rings is 1. The Morgan fingerprint density at radius 1 is 1.47 bits per heavy atom. The molecule has 1 aromatic carbocycles. The average molecular weight is 242 g/mol. The van der Waals surface area contributed by atoms with E-state index in [9.17, 15) is 13.6 Å². The lowest BCUT2D eigenvalue weighted by Crippen LogP contribution is -2.17. The highest BCUT2D eigenvalue weighted by atomic mass is 19.1. The summed E-state index contributed by atoms with van der Waals surface area (Å²) in [5.74, 6) is -2.60. The van der Waals surface area contributed by atoms with Gasteiger partial charge in [0.15, 0.2) is 11.6 Å². The van der Waals surface area contributed by atoms with Crippen molar-refractivity contribution in [2.75, 3.05) is 7.11 Å². The Hall–Kier alpha value is -1.65. The number of aliphatic carboxylic acids is 1. The first kappa shape index (κ1) is 11.8. The monoisotopic (exact) mass is 242 g/mol. The molecule has 3 nitrogen and oxygen atoms in total. The van der Waals surface area contributed by atoms with Crippen LogP contribution in [0.1, 0.15) is 24.8 Å². The van der Waals surface area contributed by atoms with Crippen molar-refractivity contribution >= 4 is 5.97 Å². The van der Waals surface area contributed by atoms with Crippen LogP contribution in [0.3, 0.4) is 0 Å². The van der Waals surface area contributed by atoms with Crippen molar-refractivity contribution in [2.24, 2.45) is 0 Å². The molecule has 1 aliphatic rings. The largest absolute Gasteiger partial charge is 0.494 e. The van der Waals surface area contributed by atoms with Gasteiger partial charge in [0.1, 0.15) is 5.82 Å². The van der Waals surface area contributed by atoms with Crippen molar-refractivity contribution in [1.82, 2.24) is 0 Å².